The molecule has 1 saturated heterocycles. The Balaban J connectivity index is 1.30. The molecule has 9 heteroatoms. The average Bonchev–Trinajstić information content (AvgIpc) is 3.47. The van der Waals surface area contributed by atoms with Crippen LogP contribution in [-0.2, 0) is 11.4 Å². The molecule has 8 nitrogen and oxygen atoms in total. The number of piperidine rings is 1. The van der Waals surface area contributed by atoms with E-state index in [1.165, 1.54) is 0 Å². The molecule has 3 atom stereocenters. The van der Waals surface area contributed by atoms with Crippen molar-refractivity contribution in [2.75, 3.05) is 31.1 Å². The van der Waals surface area contributed by atoms with E-state index in [0.717, 1.165) is 71.2 Å². The van der Waals surface area contributed by atoms with E-state index in [-0.39, 0.29) is 23.7 Å². The maximum Gasteiger partial charge on any atom is 0.307 e. The third kappa shape index (κ3) is 6.29. The van der Waals surface area contributed by atoms with Crippen molar-refractivity contribution in [2.45, 2.75) is 53.1 Å². The molecule has 1 aliphatic heterocycles. The molecule has 220 valence electrons. The van der Waals surface area contributed by atoms with Gasteiger partial charge in [0.2, 0.25) is 0 Å². The number of anilines is 1. The number of aryl methyl sites for hydroxylation is 2. The number of amides is 1. The number of ether oxygens (including phenoxy) is 1. The van der Waals surface area contributed by atoms with Gasteiger partial charge in [0.25, 0.3) is 5.91 Å². The van der Waals surface area contributed by atoms with Gasteiger partial charge < -0.3 is 19.6 Å². The highest BCUT2D eigenvalue weighted by Crippen LogP contribution is 2.43. The van der Waals surface area contributed by atoms with E-state index in [2.05, 4.69) is 29.3 Å². The molecule has 1 saturated carbocycles. The van der Waals surface area contributed by atoms with Crippen LogP contribution in [0.5, 0.6) is 5.75 Å². The molecule has 5 rings (SSSR count). The Labute approximate surface area is 251 Å². The summed E-state index contributed by atoms with van der Waals surface area (Å²) in [6.07, 6.45) is 3.35. The highest BCUT2D eigenvalue weighted by molar-refractivity contribution is 7.14. The predicted molar refractivity (Wildman–Crippen MR) is 164 cm³/mol. The van der Waals surface area contributed by atoms with Crippen LogP contribution in [-0.4, -0.2) is 53.0 Å². The molecule has 2 aliphatic rings. The Morgan fingerprint density at radius 1 is 1.17 bits per heavy atom. The van der Waals surface area contributed by atoms with Crippen LogP contribution in [0.1, 0.15) is 59.7 Å². The predicted octanol–water partition coefficient (Wildman–Crippen LogP) is 6.32. The van der Waals surface area contributed by atoms with Gasteiger partial charge in [-0.3, -0.25) is 9.59 Å². The Hall–Kier alpha value is -3.90. The van der Waals surface area contributed by atoms with Gasteiger partial charge in [-0.05, 0) is 80.8 Å². The summed E-state index contributed by atoms with van der Waals surface area (Å²) in [6.45, 7) is 8.76. The van der Waals surface area contributed by atoms with E-state index in [9.17, 15) is 14.7 Å². The van der Waals surface area contributed by atoms with E-state index in [0.29, 0.717) is 31.7 Å². The minimum atomic E-state index is -0.652. The van der Waals surface area contributed by atoms with Crippen LogP contribution in [0.25, 0.3) is 11.3 Å². The zero-order valence-corrected chi connectivity index (χ0v) is 25.3. The Bertz CT molecular complexity index is 1480. The Morgan fingerprint density at radius 2 is 1.93 bits per heavy atom. The monoisotopic (exact) mass is 586 g/mol. The number of rotatable bonds is 10. The Morgan fingerprint density at radius 3 is 2.60 bits per heavy atom. The van der Waals surface area contributed by atoms with Crippen LogP contribution < -0.4 is 9.64 Å². The maximum absolute atomic E-state index is 12.9. The fraction of sp³-hybridized carbons (Fsp3) is 0.455. The van der Waals surface area contributed by atoms with Crippen molar-refractivity contribution in [1.82, 2.24) is 9.88 Å². The van der Waals surface area contributed by atoms with Crippen molar-refractivity contribution in [3.63, 3.8) is 0 Å². The number of benzene rings is 2. The summed E-state index contributed by atoms with van der Waals surface area (Å²) in [5.41, 5.74) is 5.47. The summed E-state index contributed by atoms with van der Waals surface area (Å²) in [5.74, 6) is 0.128. The number of carboxylic acid groups (broad SMARTS) is 1. The fourth-order valence-corrected chi connectivity index (χ4v) is 7.26. The summed E-state index contributed by atoms with van der Waals surface area (Å²) >= 11 is 1.60. The molecule has 1 amide bonds. The zero-order chi connectivity index (χ0) is 29.8. The van der Waals surface area contributed by atoms with Crippen molar-refractivity contribution in [1.29, 1.82) is 5.26 Å². The number of aromatic nitrogens is 1. The van der Waals surface area contributed by atoms with Gasteiger partial charge in [-0.25, -0.2) is 4.98 Å². The molecule has 2 bridgehead atoms. The van der Waals surface area contributed by atoms with Crippen molar-refractivity contribution in [3.05, 3.63) is 64.0 Å². The lowest BCUT2D eigenvalue weighted by molar-refractivity contribution is -0.148. The van der Waals surface area contributed by atoms with Gasteiger partial charge in [0.15, 0.2) is 5.13 Å². The van der Waals surface area contributed by atoms with E-state index in [1.807, 2.05) is 44.2 Å². The van der Waals surface area contributed by atoms with Crippen LogP contribution in [0.2, 0.25) is 0 Å². The van der Waals surface area contributed by atoms with Crippen LogP contribution in [0.15, 0.2) is 41.8 Å². The highest BCUT2D eigenvalue weighted by Gasteiger charge is 2.44. The van der Waals surface area contributed by atoms with Crippen molar-refractivity contribution in [2.24, 2.45) is 17.8 Å². The summed E-state index contributed by atoms with van der Waals surface area (Å²) < 4.78 is 6.35. The van der Waals surface area contributed by atoms with Gasteiger partial charge in [-0.15, -0.1) is 11.3 Å². The van der Waals surface area contributed by atoms with Crippen molar-refractivity contribution in [3.8, 4) is 23.1 Å². The molecule has 2 fully saturated rings. The molecule has 1 aromatic heterocycles. The summed E-state index contributed by atoms with van der Waals surface area (Å²) in [7, 11) is 0. The van der Waals surface area contributed by atoms with Crippen LogP contribution in [0.3, 0.4) is 0 Å². The van der Waals surface area contributed by atoms with Gasteiger partial charge in [-0.1, -0.05) is 24.1 Å². The highest BCUT2D eigenvalue weighted by atomic mass is 32.1. The molecule has 1 N–H and O–H groups in total. The van der Waals surface area contributed by atoms with E-state index < -0.39 is 5.97 Å². The molecular weight excluding hydrogens is 548 g/mol. The first-order chi connectivity index (χ1) is 20.3. The lowest BCUT2D eigenvalue weighted by atomic mass is 9.69. The molecule has 1 unspecified atom stereocenters. The maximum atomic E-state index is 12.9. The first-order valence-corrected chi connectivity index (χ1v) is 15.6. The first kappa shape index (κ1) is 29.6. The number of hydrogen-bond acceptors (Lipinski definition) is 7. The lowest BCUT2D eigenvalue weighted by Gasteiger charge is -2.45. The summed E-state index contributed by atoms with van der Waals surface area (Å²) in [4.78, 5) is 33.8. The largest absolute Gasteiger partial charge is 0.488 e. The molecule has 2 aromatic carbocycles. The number of fused-ring (bicyclic) bond motifs is 2. The summed E-state index contributed by atoms with van der Waals surface area (Å²) in [6, 6.07) is 13.9. The van der Waals surface area contributed by atoms with Gasteiger partial charge in [0.05, 0.1) is 24.1 Å². The quantitative estimate of drug-likeness (QED) is 0.296. The second kappa shape index (κ2) is 13.0. The van der Waals surface area contributed by atoms with Gasteiger partial charge in [0.1, 0.15) is 12.4 Å². The van der Waals surface area contributed by atoms with E-state index in [1.54, 1.807) is 16.2 Å². The third-order valence-corrected chi connectivity index (χ3v) is 9.57. The number of carbonyl (C=O) groups is 2. The molecule has 3 aromatic rings. The first-order valence-electron chi connectivity index (χ1n) is 14.7. The molecule has 0 radical (unpaired) electrons. The van der Waals surface area contributed by atoms with Gasteiger partial charge in [0, 0.05) is 42.7 Å². The minimum Gasteiger partial charge on any atom is -0.488 e. The van der Waals surface area contributed by atoms with Crippen LogP contribution in [0.4, 0.5) is 5.13 Å². The third-order valence-electron chi connectivity index (χ3n) is 8.67. The topological polar surface area (TPSA) is 107 Å². The van der Waals surface area contributed by atoms with Crippen molar-refractivity contribution >= 4 is 28.3 Å². The minimum absolute atomic E-state index is 0.0701. The fourth-order valence-electron chi connectivity index (χ4n) is 6.42. The van der Waals surface area contributed by atoms with Crippen LogP contribution >= 0.6 is 11.3 Å². The average molecular weight is 587 g/mol. The van der Waals surface area contributed by atoms with Crippen molar-refractivity contribution < 1.29 is 19.4 Å². The smallest absolute Gasteiger partial charge is 0.307 e. The second-order valence-electron chi connectivity index (χ2n) is 11.5. The van der Waals surface area contributed by atoms with E-state index >= 15 is 0 Å². The van der Waals surface area contributed by atoms with Crippen LogP contribution in [0, 0.1) is 42.9 Å². The number of hydrogen-bond donors (Lipinski definition) is 1. The number of carbonyl (C=O) groups excluding carboxylic acids is 1. The van der Waals surface area contributed by atoms with Gasteiger partial charge in [-0.2, -0.15) is 5.26 Å². The molecular formula is C33H38N4O4S. The molecule has 1 aliphatic carbocycles. The number of nitrogens with zero attached hydrogens (tertiary/aromatic N) is 4. The number of thiazole rings is 1. The Kier molecular flexibility index (Phi) is 9.12. The normalized spacial score (nSPS) is 19.7. The zero-order valence-electron chi connectivity index (χ0n) is 24.5. The molecule has 2 heterocycles. The van der Waals surface area contributed by atoms with Gasteiger partial charge >= 0.3 is 5.97 Å². The number of nitriles is 1. The van der Waals surface area contributed by atoms with E-state index in [4.69, 9.17) is 15.0 Å². The standard InChI is InChI=1S/C33H38N4O4S/c1-4-36(14-6-13-34)31(38)23-10-11-26(22(3)16-23)19-41-29-12-9-21(2)15-27(29)28-20-42-33(35-28)37-17-24-7-5-8-25(18-37)30(24)32(39)40/h9-12,15-16,20,24-25,30H,4-8,14,17-19H2,1-3H3,(H,39,40)/t24-,25+,30?. The number of carboxylic acids is 1. The molecule has 42 heavy (non-hydrogen) atoms. The second-order valence-corrected chi connectivity index (χ2v) is 12.3. The SMILES string of the molecule is CCN(CCC#N)C(=O)c1ccc(COc2ccc(C)cc2-c2csc(N3C[C@H]4CCC[C@@H](C3)C4C(=O)O)n2)c(C)c1. The lowest BCUT2D eigenvalue weighted by Crippen LogP contribution is -2.51. The summed E-state index contributed by atoms with van der Waals surface area (Å²) in [5, 5.41) is 21.7. The molecule has 0 spiro atoms. The number of aliphatic carboxylic acids is 1.